The first kappa shape index (κ1) is 12.2. The smallest absolute Gasteiger partial charge is 0.287 e. The number of hydrogen-bond donors (Lipinski definition) is 1. The molecular formula is C12H13N3O3. The molecule has 2 rings (SSSR count). The summed E-state index contributed by atoms with van der Waals surface area (Å²) in [5.74, 6) is 2.67. The lowest BCUT2D eigenvalue weighted by molar-refractivity contribution is -0.384. The fourth-order valence-electron chi connectivity index (χ4n) is 1.72. The Morgan fingerprint density at radius 1 is 1.67 bits per heavy atom. The van der Waals surface area contributed by atoms with Crippen LogP contribution >= 0.6 is 0 Å². The highest BCUT2D eigenvalue weighted by atomic mass is 16.6. The third kappa shape index (κ3) is 2.69. The summed E-state index contributed by atoms with van der Waals surface area (Å²) < 4.78 is 0. The van der Waals surface area contributed by atoms with Crippen molar-refractivity contribution >= 4 is 11.6 Å². The molecule has 18 heavy (non-hydrogen) atoms. The highest BCUT2D eigenvalue weighted by Gasteiger charge is 2.28. The van der Waals surface area contributed by atoms with Gasteiger partial charge in [-0.3, -0.25) is 14.9 Å². The van der Waals surface area contributed by atoms with Crippen molar-refractivity contribution in [2.24, 2.45) is 5.92 Å². The first-order valence-corrected chi connectivity index (χ1v) is 5.67. The standard InChI is InChI=1S/C12H13N3O3/c1-2-5-14(8-9-3-4-9)12(16)11-6-10(7-13-11)15(17)18/h1,6-7,9,13H,3-5,8H2. The van der Waals surface area contributed by atoms with Crippen LogP contribution in [0, 0.1) is 28.4 Å². The first-order valence-electron chi connectivity index (χ1n) is 5.67. The Bertz CT molecular complexity index is 511. The number of terminal acetylenes is 1. The normalized spacial score (nSPS) is 13.9. The van der Waals surface area contributed by atoms with Crippen LogP contribution in [0.15, 0.2) is 12.3 Å². The minimum atomic E-state index is -0.542. The van der Waals surface area contributed by atoms with Gasteiger partial charge in [0.1, 0.15) is 5.69 Å². The van der Waals surface area contributed by atoms with E-state index in [0.717, 1.165) is 12.8 Å². The molecule has 1 saturated carbocycles. The number of aromatic nitrogens is 1. The Balaban J connectivity index is 2.10. The van der Waals surface area contributed by atoms with E-state index in [2.05, 4.69) is 10.9 Å². The summed E-state index contributed by atoms with van der Waals surface area (Å²) >= 11 is 0. The molecule has 1 aromatic heterocycles. The minimum Gasteiger partial charge on any atom is -0.351 e. The monoisotopic (exact) mass is 247 g/mol. The molecule has 6 nitrogen and oxygen atoms in total. The van der Waals surface area contributed by atoms with Gasteiger partial charge in [-0.1, -0.05) is 5.92 Å². The highest BCUT2D eigenvalue weighted by molar-refractivity contribution is 5.93. The van der Waals surface area contributed by atoms with Crippen LogP contribution < -0.4 is 0 Å². The lowest BCUT2D eigenvalue weighted by atomic mass is 10.3. The summed E-state index contributed by atoms with van der Waals surface area (Å²) in [4.78, 5) is 26.3. The summed E-state index contributed by atoms with van der Waals surface area (Å²) in [5, 5.41) is 10.5. The quantitative estimate of drug-likeness (QED) is 0.485. The summed E-state index contributed by atoms with van der Waals surface area (Å²) in [7, 11) is 0. The topological polar surface area (TPSA) is 79.2 Å². The molecule has 0 unspecified atom stereocenters. The van der Waals surface area contributed by atoms with E-state index in [4.69, 9.17) is 6.42 Å². The predicted molar refractivity (Wildman–Crippen MR) is 64.9 cm³/mol. The van der Waals surface area contributed by atoms with Gasteiger partial charge in [-0.2, -0.15) is 0 Å². The summed E-state index contributed by atoms with van der Waals surface area (Å²) in [5.41, 5.74) is 0.0861. The van der Waals surface area contributed by atoms with Crippen molar-refractivity contribution in [1.29, 1.82) is 0 Å². The Morgan fingerprint density at radius 3 is 2.89 bits per heavy atom. The molecule has 0 saturated heterocycles. The van der Waals surface area contributed by atoms with E-state index >= 15 is 0 Å². The maximum absolute atomic E-state index is 12.1. The largest absolute Gasteiger partial charge is 0.351 e. The fourth-order valence-corrected chi connectivity index (χ4v) is 1.72. The number of carbonyl (C=O) groups is 1. The first-order chi connectivity index (χ1) is 8.61. The van der Waals surface area contributed by atoms with Crippen LogP contribution in [0.5, 0.6) is 0 Å². The van der Waals surface area contributed by atoms with Crippen LogP contribution in [0.3, 0.4) is 0 Å². The third-order valence-corrected chi connectivity index (χ3v) is 2.85. The molecular weight excluding hydrogens is 234 g/mol. The molecule has 0 aliphatic heterocycles. The number of rotatable bonds is 5. The van der Waals surface area contributed by atoms with Crippen LogP contribution in [-0.2, 0) is 0 Å². The SMILES string of the molecule is C#CCN(CC1CC1)C(=O)c1cc([N+](=O)[O-])c[nH]1. The van der Waals surface area contributed by atoms with Crippen molar-refractivity contribution in [3.05, 3.63) is 28.1 Å². The number of hydrogen-bond acceptors (Lipinski definition) is 3. The van der Waals surface area contributed by atoms with E-state index in [1.165, 1.54) is 12.3 Å². The number of aromatic amines is 1. The van der Waals surface area contributed by atoms with Gasteiger partial charge in [0, 0.05) is 12.6 Å². The maximum atomic E-state index is 12.1. The number of H-pyrrole nitrogens is 1. The second-order valence-corrected chi connectivity index (χ2v) is 4.36. The summed E-state index contributed by atoms with van der Waals surface area (Å²) in [6, 6.07) is 1.23. The van der Waals surface area contributed by atoms with Gasteiger partial charge >= 0.3 is 0 Å². The van der Waals surface area contributed by atoms with Gasteiger partial charge in [0.15, 0.2) is 0 Å². The molecule has 1 aliphatic carbocycles. The zero-order chi connectivity index (χ0) is 13.1. The van der Waals surface area contributed by atoms with E-state index in [9.17, 15) is 14.9 Å². The molecule has 0 bridgehead atoms. The molecule has 1 aromatic rings. The Hall–Kier alpha value is -2.29. The van der Waals surface area contributed by atoms with Crippen molar-refractivity contribution in [1.82, 2.24) is 9.88 Å². The van der Waals surface area contributed by atoms with Crippen LogP contribution in [0.25, 0.3) is 0 Å². The van der Waals surface area contributed by atoms with Crippen LogP contribution in [-0.4, -0.2) is 33.8 Å². The molecule has 1 aliphatic rings. The summed E-state index contributed by atoms with van der Waals surface area (Å²) in [6.07, 6.45) is 8.66. The van der Waals surface area contributed by atoms with E-state index < -0.39 is 4.92 Å². The van der Waals surface area contributed by atoms with Crippen molar-refractivity contribution in [3.63, 3.8) is 0 Å². The van der Waals surface area contributed by atoms with Gasteiger partial charge in [0.05, 0.1) is 17.7 Å². The van der Waals surface area contributed by atoms with Crippen molar-refractivity contribution in [3.8, 4) is 12.3 Å². The number of amides is 1. The Morgan fingerprint density at radius 2 is 2.39 bits per heavy atom. The van der Waals surface area contributed by atoms with Gasteiger partial charge < -0.3 is 9.88 Å². The maximum Gasteiger partial charge on any atom is 0.287 e. The average molecular weight is 247 g/mol. The second kappa shape index (κ2) is 4.92. The molecule has 1 heterocycles. The predicted octanol–water partition coefficient (Wildman–Crippen LogP) is 1.41. The number of nitro groups is 1. The minimum absolute atomic E-state index is 0.120. The molecule has 0 radical (unpaired) electrons. The number of nitrogens with one attached hydrogen (secondary N) is 1. The number of nitrogens with zero attached hydrogens (tertiary/aromatic N) is 2. The van der Waals surface area contributed by atoms with Crippen LogP contribution in [0.1, 0.15) is 23.3 Å². The molecule has 0 aromatic carbocycles. The van der Waals surface area contributed by atoms with E-state index in [1.807, 2.05) is 0 Å². The zero-order valence-electron chi connectivity index (χ0n) is 9.76. The van der Waals surface area contributed by atoms with Crippen molar-refractivity contribution < 1.29 is 9.72 Å². The lowest BCUT2D eigenvalue weighted by Gasteiger charge is -2.18. The molecule has 6 heteroatoms. The third-order valence-electron chi connectivity index (χ3n) is 2.85. The zero-order valence-corrected chi connectivity index (χ0v) is 9.76. The van der Waals surface area contributed by atoms with Gasteiger partial charge in [-0.25, -0.2) is 0 Å². The van der Waals surface area contributed by atoms with Crippen molar-refractivity contribution in [2.45, 2.75) is 12.8 Å². The molecule has 1 fully saturated rings. The van der Waals surface area contributed by atoms with Crippen molar-refractivity contribution in [2.75, 3.05) is 13.1 Å². The van der Waals surface area contributed by atoms with Crippen LogP contribution in [0.4, 0.5) is 5.69 Å². The van der Waals surface area contributed by atoms with E-state index in [-0.39, 0.29) is 23.8 Å². The van der Waals surface area contributed by atoms with Gasteiger partial charge in [0.25, 0.3) is 11.6 Å². The highest BCUT2D eigenvalue weighted by Crippen LogP contribution is 2.30. The van der Waals surface area contributed by atoms with Gasteiger partial charge in [-0.15, -0.1) is 6.42 Å². The molecule has 94 valence electrons. The van der Waals surface area contributed by atoms with Gasteiger partial charge in [0.2, 0.25) is 0 Å². The van der Waals surface area contributed by atoms with Gasteiger partial charge in [-0.05, 0) is 18.8 Å². The molecule has 0 spiro atoms. The summed E-state index contributed by atoms with van der Waals surface area (Å²) in [6.45, 7) is 0.845. The average Bonchev–Trinajstić information content (AvgIpc) is 3.01. The van der Waals surface area contributed by atoms with Crippen LogP contribution in [0.2, 0.25) is 0 Å². The lowest BCUT2D eigenvalue weighted by Crippen LogP contribution is -2.33. The molecule has 1 amide bonds. The Labute approximate surface area is 104 Å². The van der Waals surface area contributed by atoms with E-state index in [0.29, 0.717) is 12.5 Å². The molecule has 0 atom stereocenters. The fraction of sp³-hybridized carbons (Fsp3) is 0.417. The number of carbonyl (C=O) groups excluding carboxylic acids is 1. The van der Waals surface area contributed by atoms with E-state index in [1.54, 1.807) is 4.90 Å². The Kier molecular flexibility index (Phi) is 3.33. The molecule has 1 N–H and O–H groups in total. The second-order valence-electron chi connectivity index (χ2n) is 4.36.